The van der Waals surface area contributed by atoms with E-state index < -0.39 is 11.9 Å². The molecule has 0 unspecified atom stereocenters. The minimum Gasteiger partial charge on any atom is -0.356 e. The summed E-state index contributed by atoms with van der Waals surface area (Å²) in [6.45, 7) is 7.65. The summed E-state index contributed by atoms with van der Waals surface area (Å²) < 4.78 is 38.2. The summed E-state index contributed by atoms with van der Waals surface area (Å²) in [4.78, 5) is 5.60. The molecule has 0 aromatic carbocycles. The quantitative estimate of drug-likeness (QED) is 0.873. The minimum absolute atomic E-state index is 0.176. The predicted octanol–water partition coefficient (Wildman–Crippen LogP) is 3.30. The van der Waals surface area contributed by atoms with Crippen LogP contribution < -0.4 is 10.6 Å². The van der Waals surface area contributed by atoms with E-state index in [1.54, 1.807) is 6.07 Å². The fourth-order valence-corrected chi connectivity index (χ4v) is 1.88. The summed E-state index contributed by atoms with van der Waals surface area (Å²) in [7, 11) is 0. The second-order valence-electron chi connectivity index (χ2n) is 5.67. The van der Waals surface area contributed by atoms with Gasteiger partial charge in [0.1, 0.15) is 11.5 Å². The number of halogens is 3. The summed E-state index contributed by atoms with van der Waals surface area (Å²) in [6.07, 6.45) is -3.59. The summed E-state index contributed by atoms with van der Waals surface area (Å²) in [5, 5.41) is 0. The lowest BCUT2D eigenvalue weighted by Gasteiger charge is -2.32. The molecule has 0 amide bonds. The van der Waals surface area contributed by atoms with Gasteiger partial charge in [-0.25, -0.2) is 4.98 Å². The Morgan fingerprint density at radius 2 is 1.90 bits per heavy atom. The molecule has 20 heavy (non-hydrogen) atoms. The van der Waals surface area contributed by atoms with Crippen molar-refractivity contribution in [2.75, 3.05) is 24.5 Å². The van der Waals surface area contributed by atoms with E-state index in [4.69, 9.17) is 5.73 Å². The molecule has 2 N–H and O–H groups in total. The zero-order chi connectivity index (χ0) is 15.4. The normalized spacial score (nSPS) is 12.6. The third-order valence-corrected chi connectivity index (χ3v) is 3.01. The number of rotatable bonds is 6. The Kier molecular flexibility index (Phi) is 5.39. The van der Waals surface area contributed by atoms with Crippen LogP contribution in [0.5, 0.6) is 0 Å². The van der Waals surface area contributed by atoms with Crippen LogP contribution in [0.2, 0.25) is 0 Å². The summed E-state index contributed by atoms with van der Waals surface area (Å²) in [5.41, 5.74) is 4.67. The molecule has 1 rings (SSSR count). The summed E-state index contributed by atoms with van der Waals surface area (Å²) in [6, 6.07) is 3.99. The van der Waals surface area contributed by atoms with Crippen LogP contribution in [0.25, 0.3) is 0 Å². The molecule has 0 radical (unpaired) electrons. The number of nitrogens with zero attached hydrogens (tertiary/aromatic N) is 2. The van der Waals surface area contributed by atoms with E-state index in [1.165, 1.54) is 6.07 Å². The van der Waals surface area contributed by atoms with Gasteiger partial charge in [0.2, 0.25) is 0 Å². The smallest absolute Gasteiger partial charge is 0.356 e. The first-order valence-corrected chi connectivity index (χ1v) is 6.69. The third kappa shape index (κ3) is 4.67. The van der Waals surface area contributed by atoms with Gasteiger partial charge in [-0.15, -0.1) is 0 Å². The first kappa shape index (κ1) is 16.8. The number of hydrogen-bond donors (Lipinski definition) is 1. The molecule has 6 heteroatoms. The van der Waals surface area contributed by atoms with Gasteiger partial charge >= 0.3 is 6.18 Å². The van der Waals surface area contributed by atoms with Gasteiger partial charge in [0, 0.05) is 13.1 Å². The molecule has 0 atom stereocenters. The number of aromatic nitrogens is 1. The number of pyridine rings is 1. The molecule has 0 fully saturated rings. The van der Waals surface area contributed by atoms with Crippen LogP contribution >= 0.6 is 0 Å². The van der Waals surface area contributed by atoms with Crippen molar-refractivity contribution in [3.8, 4) is 0 Å². The second-order valence-corrected chi connectivity index (χ2v) is 5.67. The summed E-state index contributed by atoms with van der Waals surface area (Å²) in [5.74, 6) is 0.350. The lowest BCUT2D eigenvalue weighted by molar-refractivity contribution is -0.141. The van der Waals surface area contributed by atoms with Gasteiger partial charge in [0.15, 0.2) is 0 Å². The van der Waals surface area contributed by atoms with E-state index in [0.29, 0.717) is 25.5 Å². The molecule has 1 aromatic rings. The Morgan fingerprint density at radius 3 is 2.40 bits per heavy atom. The molecule has 114 valence electrons. The standard InChI is InChI=1S/C14H22F3N3/c1-4-8-20(10-13(2,3)9-18)12-7-5-6-11(19-12)14(15,16)17/h5-7H,4,8-10,18H2,1-3H3. The van der Waals surface area contributed by atoms with Crippen LogP contribution in [0.3, 0.4) is 0 Å². The van der Waals surface area contributed by atoms with Crippen LogP contribution in [-0.2, 0) is 6.18 Å². The maximum atomic E-state index is 12.7. The van der Waals surface area contributed by atoms with E-state index in [2.05, 4.69) is 4.98 Å². The molecule has 0 saturated carbocycles. The Morgan fingerprint density at radius 1 is 1.25 bits per heavy atom. The van der Waals surface area contributed by atoms with Crippen molar-refractivity contribution < 1.29 is 13.2 Å². The number of hydrogen-bond acceptors (Lipinski definition) is 3. The molecular formula is C14H22F3N3. The van der Waals surface area contributed by atoms with E-state index >= 15 is 0 Å². The van der Waals surface area contributed by atoms with Crippen LogP contribution in [-0.4, -0.2) is 24.6 Å². The maximum Gasteiger partial charge on any atom is 0.433 e. The highest BCUT2D eigenvalue weighted by atomic mass is 19.4. The van der Waals surface area contributed by atoms with E-state index in [-0.39, 0.29) is 5.41 Å². The van der Waals surface area contributed by atoms with Crippen molar-refractivity contribution in [3.63, 3.8) is 0 Å². The van der Waals surface area contributed by atoms with Gasteiger partial charge in [0.25, 0.3) is 0 Å². The van der Waals surface area contributed by atoms with Crippen molar-refractivity contribution in [2.24, 2.45) is 11.1 Å². The van der Waals surface area contributed by atoms with Gasteiger partial charge in [-0.2, -0.15) is 13.2 Å². The molecule has 0 aliphatic rings. The fourth-order valence-electron chi connectivity index (χ4n) is 1.88. The maximum absolute atomic E-state index is 12.7. The van der Waals surface area contributed by atoms with Gasteiger partial charge in [0.05, 0.1) is 0 Å². The van der Waals surface area contributed by atoms with Gasteiger partial charge in [-0.3, -0.25) is 0 Å². The van der Waals surface area contributed by atoms with Crippen molar-refractivity contribution in [2.45, 2.75) is 33.4 Å². The Balaban J connectivity index is 3.03. The largest absolute Gasteiger partial charge is 0.433 e. The zero-order valence-corrected chi connectivity index (χ0v) is 12.2. The highest BCUT2D eigenvalue weighted by Crippen LogP contribution is 2.29. The summed E-state index contributed by atoms with van der Waals surface area (Å²) >= 11 is 0. The van der Waals surface area contributed by atoms with Crippen molar-refractivity contribution in [1.29, 1.82) is 0 Å². The van der Waals surface area contributed by atoms with Crippen molar-refractivity contribution in [3.05, 3.63) is 23.9 Å². The number of anilines is 1. The molecule has 0 aliphatic carbocycles. The second kappa shape index (κ2) is 6.43. The molecule has 1 heterocycles. The van der Waals surface area contributed by atoms with Crippen molar-refractivity contribution >= 4 is 5.82 Å². The predicted molar refractivity (Wildman–Crippen MR) is 74.6 cm³/mol. The molecule has 0 saturated heterocycles. The topological polar surface area (TPSA) is 42.1 Å². The lowest BCUT2D eigenvalue weighted by atomic mass is 9.93. The molecule has 3 nitrogen and oxygen atoms in total. The van der Waals surface area contributed by atoms with Gasteiger partial charge < -0.3 is 10.6 Å². The van der Waals surface area contributed by atoms with E-state index in [9.17, 15) is 13.2 Å². The molecule has 1 aromatic heterocycles. The van der Waals surface area contributed by atoms with Gasteiger partial charge in [-0.05, 0) is 30.5 Å². The average molecular weight is 289 g/mol. The van der Waals surface area contributed by atoms with Crippen LogP contribution in [0.1, 0.15) is 32.9 Å². The zero-order valence-electron chi connectivity index (χ0n) is 12.2. The first-order valence-electron chi connectivity index (χ1n) is 6.69. The molecule has 0 bridgehead atoms. The molecular weight excluding hydrogens is 267 g/mol. The van der Waals surface area contributed by atoms with Gasteiger partial charge in [-0.1, -0.05) is 26.8 Å². The van der Waals surface area contributed by atoms with Crippen LogP contribution in [0.15, 0.2) is 18.2 Å². The van der Waals surface area contributed by atoms with E-state index in [0.717, 1.165) is 12.5 Å². The highest BCUT2D eigenvalue weighted by molar-refractivity contribution is 5.40. The monoisotopic (exact) mass is 289 g/mol. The SMILES string of the molecule is CCCN(CC(C)(C)CN)c1cccc(C(F)(F)F)n1. The minimum atomic E-state index is -4.42. The Hall–Kier alpha value is -1.30. The fraction of sp³-hybridized carbons (Fsp3) is 0.643. The molecule has 0 spiro atoms. The van der Waals surface area contributed by atoms with Crippen molar-refractivity contribution in [1.82, 2.24) is 4.98 Å². The van der Waals surface area contributed by atoms with Crippen LogP contribution in [0.4, 0.5) is 19.0 Å². The highest BCUT2D eigenvalue weighted by Gasteiger charge is 2.33. The number of alkyl halides is 3. The van der Waals surface area contributed by atoms with E-state index in [1.807, 2.05) is 25.7 Å². The Bertz CT molecular complexity index is 430. The third-order valence-electron chi connectivity index (χ3n) is 3.01. The van der Waals surface area contributed by atoms with Crippen LogP contribution in [0, 0.1) is 5.41 Å². The Labute approximate surface area is 118 Å². The molecule has 0 aliphatic heterocycles. The first-order chi connectivity index (χ1) is 9.19. The lowest BCUT2D eigenvalue weighted by Crippen LogP contribution is -2.39. The number of nitrogens with two attached hydrogens (primary N) is 1. The average Bonchev–Trinajstić information content (AvgIpc) is 2.37.